The van der Waals surface area contributed by atoms with Crippen molar-refractivity contribution in [1.82, 2.24) is 10.5 Å². The summed E-state index contributed by atoms with van der Waals surface area (Å²) in [6.45, 7) is 0. The first-order chi connectivity index (χ1) is 5.72. The van der Waals surface area contributed by atoms with E-state index in [1.807, 2.05) is 6.07 Å². The van der Waals surface area contributed by atoms with E-state index in [1.54, 1.807) is 17.7 Å². The Morgan fingerprint density at radius 3 is 2.92 bits per heavy atom. The predicted octanol–water partition coefficient (Wildman–Crippen LogP) is 1.34. The summed E-state index contributed by atoms with van der Waals surface area (Å²) in [6.07, 6.45) is 1.96. The molecule has 1 aromatic rings. The lowest BCUT2D eigenvalue weighted by atomic mass is 10.2. The molecule has 0 aliphatic rings. The molecule has 12 heavy (non-hydrogen) atoms. The average molecular weight is 230 g/mol. The Kier molecular flexibility index (Phi) is 3.19. The molecule has 1 heterocycles. The van der Waals surface area contributed by atoms with Crippen LogP contribution in [0, 0.1) is 5.41 Å². The number of nitrogens with one attached hydrogen (secondary N) is 2. The van der Waals surface area contributed by atoms with Gasteiger partial charge in [-0.2, -0.15) is 0 Å². The van der Waals surface area contributed by atoms with Gasteiger partial charge >= 0.3 is 0 Å². The predicted molar refractivity (Wildman–Crippen MR) is 48.3 cm³/mol. The van der Waals surface area contributed by atoms with Crippen molar-refractivity contribution >= 4 is 21.8 Å². The molecule has 0 saturated carbocycles. The van der Waals surface area contributed by atoms with Crippen molar-refractivity contribution < 1.29 is 5.21 Å². The van der Waals surface area contributed by atoms with Gasteiger partial charge in [-0.25, -0.2) is 0 Å². The van der Waals surface area contributed by atoms with Gasteiger partial charge in [-0.05, 0) is 28.1 Å². The first kappa shape index (κ1) is 9.15. The molecule has 5 heteroatoms. The van der Waals surface area contributed by atoms with Gasteiger partial charge in [0.1, 0.15) is 5.84 Å². The Balaban J connectivity index is 2.64. The van der Waals surface area contributed by atoms with E-state index in [4.69, 9.17) is 10.6 Å². The minimum absolute atomic E-state index is 0.0322. The molecular formula is C7H8BrN3O. The monoisotopic (exact) mass is 229 g/mol. The van der Waals surface area contributed by atoms with Crippen molar-refractivity contribution in [1.29, 1.82) is 5.41 Å². The number of pyridine rings is 1. The minimum Gasteiger partial charge on any atom is -0.290 e. The lowest BCUT2D eigenvalue weighted by Crippen LogP contribution is -2.20. The van der Waals surface area contributed by atoms with E-state index in [0.717, 1.165) is 10.2 Å². The van der Waals surface area contributed by atoms with Crippen LogP contribution < -0.4 is 5.48 Å². The van der Waals surface area contributed by atoms with E-state index < -0.39 is 0 Å². The average Bonchev–Trinajstić information content (AvgIpc) is 2.09. The molecule has 64 valence electrons. The smallest absolute Gasteiger partial charge is 0.123 e. The number of aromatic nitrogens is 1. The van der Waals surface area contributed by atoms with Crippen LogP contribution in [0.1, 0.15) is 5.69 Å². The number of nitrogens with zero attached hydrogens (tertiary/aromatic N) is 1. The van der Waals surface area contributed by atoms with Gasteiger partial charge in [0.05, 0.1) is 0 Å². The molecule has 0 aromatic carbocycles. The summed E-state index contributed by atoms with van der Waals surface area (Å²) in [5, 5.41) is 15.5. The van der Waals surface area contributed by atoms with Crippen LogP contribution in [0.2, 0.25) is 0 Å². The number of hydrogen-bond acceptors (Lipinski definition) is 3. The van der Waals surface area contributed by atoms with Gasteiger partial charge in [0, 0.05) is 22.8 Å². The van der Waals surface area contributed by atoms with Gasteiger partial charge < -0.3 is 0 Å². The van der Waals surface area contributed by atoms with Crippen LogP contribution in [-0.2, 0) is 6.42 Å². The lowest BCUT2D eigenvalue weighted by molar-refractivity contribution is 0.231. The molecule has 0 unspecified atom stereocenters. The Bertz CT molecular complexity index is 272. The molecule has 0 fully saturated rings. The van der Waals surface area contributed by atoms with Gasteiger partial charge in [0.25, 0.3) is 0 Å². The molecule has 0 aliphatic heterocycles. The molecule has 0 saturated heterocycles. The molecule has 1 aromatic heterocycles. The fraction of sp³-hybridized carbons (Fsp3) is 0.143. The van der Waals surface area contributed by atoms with E-state index in [2.05, 4.69) is 20.9 Å². The van der Waals surface area contributed by atoms with Crippen LogP contribution in [0.3, 0.4) is 0 Å². The molecule has 0 amide bonds. The van der Waals surface area contributed by atoms with Crippen LogP contribution in [-0.4, -0.2) is 16.0 Å². The molecule has 0 bridgehead atoms. The Morgan fingerprint density at radius 2 is 2.42 bits per heavy atom. The summed E-state index contributed by atoms with van der Waals surface area (Å²) in [4.78, 5) is 4.03. The molecular weight excluding hydrogens is 222 g/mol. The summed E-state index contributed by atoms with van der Waals surface area (Å²) in [6, 6.07) is 3.63. The summed E-state index contributed by atoms with van der Waals surface area (Å²) in [7, 11) is 0. The third-order valence-electron chi connectivity index (χ3n) is 1.28. The van der Waals surface area contributed by atoms with Crippen molar-refractivity contribution in [2.45, 2.75) is 6.42 Å². The normalized spacial score (nSPS) is 9.50. The van der Waals surface area contributed by atoms with Crippen LogP contribution in [0.15, 0.2) is 22.8 Å². The first-order valence-corrected chi connectivity index (χ1v) is 4.09. The van der Waals surface area contributed by atoms with Gasteiger partial charge in [-0.3, -0.25) is 21.1 Å². The fourth-order valence-electron chi connectivity index (χ4n) is 0.732. The second-order valence-electron chi connectivity index (χ2n) is 2.23. The Labute approximate surface area is 78.2 Å². The van der Waals surface area contributed by atoms with Gasteiger partial charge in [-0.15, -0.1) is 0 Å². The standard InChI is InChI=1S/C7H8BrN3O/c8-5-1-2-6(10-4-5)3-7(9)11-12/h1-2,4,12H,3H2,(H2,9,11). The zero-order valence-corrected chi connectivity index (χ0v) is 7.80. The summed E-state index contributed by atoms with van der Waals surface area (Å²) in [5.74, 6) is 0.0322. The van der Waals surface area contributed by atoms with Crippen molar-refractivity contribution in [3.63, 3.8) is 0 Å². The van der Waals surface area contributed by atoms with Crippen molar-refractivity contribution in [3.8, 4) is 0 Å². The number of rotatable bonds is 2. The number of amidine groups is 1. The van der Waals surface area contributed by atoms with Crippen molar-refractivity contribution in [2.75, 3.05) is 0 Å². The third-order valence-corrected chi connectivity index (χ3v) is 1.75. The van der Waals surface area contributed by atoms with Crippen molar-refractivity contribution in [3.05, 3.63) is 28.5 Å². The van der Waals surface area contributed by atoms with Crippen LogP contribution >= 0.6 is 15.9 Å². The Hall–Kier alpha value is -0.940. The molecule has 3 N–H and O–H groups in total. The van der Waals surface area contributed by atoms with E-state index >= 15 is 0 Å². The van der Waals surface area contributed by atoms with Gasteiger partial charge in [0.2, 0.25) is 0 Å². The molecule has 0 spiro atoms. The quantitative estimate of drug-likeness (QED) is 0.408. The highest BCUT2D eigenvalue weighted by atomic mass is 79.9. The lowest BCUT2D eigenvalue weighted by Gasteiger charge is -2.00. The third kappa shape index (κ3) is 2.60. The largest absolute Gasteiger partial charge is 0.290 e. The van der Waals surface area contributed by atoms with E-state index in [1.165, 1.54) is 0 Å². The topological polar surface area (TPSA) is 69.0 Å². The molecule has 0 atom stereocenters. The second-order valence-corrected chi connectivity index (χ2v) is 3.15. The molecule has 4 nitrogen and oxygen atoms in total. The fourth-order valence-corrected chi connectivity index (χ4v) is 0.966. The molecule has 1 rings (SSSR count). The number of halogens is 1. The zero-order chi connectivity index (χ0) is 8.97. The van der Waals surface area contributed by atoms with Crippen molar-refractivity contribution in [2.24, 2.45) is 0 Å². The van der Waals surface area contributed by atoms with Crippen LogP contribution in [0.25, 0.3) is 0 Å². The molecule has 0 aliphatic carbocycles. The van der Waals surface area contributed by atoms with E-state index in [-0.39, 0.29) is 5.84 Å². The summed E-state index contributed by atoms with van der Waals surface area (Å²) >= 11 is 3.25. The maximum Gasteiger partial charge on any atom is 0.123 e. The Morgan fingerprint density at radius 1 is 1.67 bits per heavy atom. The van der Waals surface area contributed by atoms with E-state index in [0.29, 0.717) is 6.42 Å². The van der Waals surface area contributed by atoms with Gasteiger partial charge in [-0.1, -0.05) is 0 Å². The molecule has 0 radical (unpaired) electrons. The summed E-state index contributed by atoms with van der Waals surface area (Å²) < 4.78 is 0.898. The number of hydrogen-bond donors (Lipinski definition) is 3. The summed E-state index contributed by atoms with van der Waals surface area (Å²) in [5.41, 5.74) is 2.50. The number of hydroxylamine groups is 1. The maximum absolute atomic E-state index is 8.34. The minimum atomic E-state index is 0.0322. The highest BCUT2D eigenvalue weighted by Gasteiger charge is 1.98. The van der Waals surface area contributed by atoms with E-state index in [9.17, 15) is 0 Å². The highest BCUT2D eigenvalue weighted by molar-refractivity contribution is 9.10. The second kappa shape index (κ2) is 4.18. The van der Waals surface area contributed by atoms with Crippen LogP contribution in [0.4, 0.5) is 0 Å². The zero-order valence-electron chi connectivity index (χ0n) is 6.21. The highest BCUT2D eigenvalue weighted by Crippen LogP contribution is 2.07. The van der Waals surface area contributed by atoms with Crippen LogP contribution in [0.5, 0.6) is 0 Å². The first-order valence-electron chi connectivity index (χ1n) is 3.30. The van der Waals surface area contributed by atoms with Gasteiger partial charge in [0.15, 0.2) is 0 Å². The maximum atomic E-state index is 8.34. The SMILES string of the molecule is N=C(Cc1ccc(Br)cn1)NO.